The minimum atomic E-state index is -1.23. The number of carboxylic acids is 1. The van der Waals surface area contributed by atoms with Gasteiger partial charge >= 0.3 is 5.97 Å². The SMILES string of the molecule is Cc1cc(Cl)c(C(=O)Nc2cccc(Cl)c2C(=O)O)cn1. The molecule has 21 heavy (non-hydrogen) atoms. The monoisotopic (exact) mass is 324 g/mol. The summed E-state index contributed by atoms with van der Waals surface area (Å²) in [5.74, 6) is -1.79. The van der Waals surface area contributed by atoms with Gasteiger partial charge in [0.05, 0.1) is 21.3 Å². The molecule has 0 saturated heterocycles. The normalized spacial score (nSPS) is 10.2. The van der Waals surface area contributed by atoms with E-state index in [1.54, 1.807) is 19.1 Å². The summed E-state index contributed by atoms with van der Waals surface area (Å²) in [6, 6.07) is 5.97. The van der Waals surface area contributed by atoms with Gasteiger partial charge in [0.15, 0.2) is 0 Å². The first-order valence-corrected chi connectivity index (χ1v) is 6.61. The minimum absolute atomic E-state index is 0.0356. The minimum Gasteiger partial charge on any atom is -0.478 e. The van der Waals surface area contributed by atoms with Crippen molar-refractivity contribution >= 4 is 40.8 Å². The van der Waals surface area contributed by atoms with Gasteiger partial charge in [-0.1, -0.05) is 29.3 Å². The van der Waals surface area contributed by atoms with Crippen LogP contribution in [0.3, 0.4) is 0 Å². The summed E-state index contributed by atoms with van der Waals surface area (Å²) in [4.78, 5) is 27.3. The zero-order valence-corrected chi connectivity index (χ0v) is 12.4. The van der Waals surface area contributed by atoms with Gasteiger partial charge in [0.2, 0.25) is 0 Å². The number of aryl methyl sites for hydroxylation is 1. The molecule has 0 aliphatic rings. The number of carbonyl (C=O) groups is 2. The Labute approximate surface area is 130 Å². The topological polar surface area (TPSA) is 79.3 Å². The molecule has 1 amide bonds. The Hall–Kier alpha value is -2.11. The molecule has 5 nitrogen and oxygen atoms in total. The third kappa shape index (κ3) is 3.32. The zero-order valence-electron chi connectivity index (χ0n) is 10.9. The summed E-state index contributed by atoms with van der Waals surface area (Å²) in [6.45, 7) is 1.74. The molecule has 108 valence electrons. The van der Waals surface area contributed by atoms with Crippen LogP contribution < -0.4 is 5.32 Å². The highest BCUT2D eigenvalue weighted by atomic mass is 35.5. The van der Waals surface area contributed by atoms with Gasteiger partial charge < -0.3 is 10.4 Å². The van der Waals surface area contributed by atoms with Gasteiger partial charge in [-0.2, -0.15) is 0 Å². The van der Waals surface area contributed by atoms with Crippen molar-refractivity contribution in [1.29, 1.82) is 0 Å². The van der Waals surface area contributed by atoms with Crippen LogP contribution >= 0.6 is 23.2 Å². The highest BCUT2D eigenvalue weighted by Crippen LogP contribution is 2.25. The van der Waals surface area contributed by atoms with Crippen LogP contribution in [0.2, 0.25) is 10.0 Å². The first-order chi connectivity index (χ1) is 9.90. The molecule has 0 radical (unpaired) electrons. The number of halogens is 2. The van der Waals surface area contributed by atoms with Gasteiger partial charge in [0.1, 0.15) is 5.56 Å². The molecular formula is C14H10Cl2N2O3. The van der Waals surface area contributed by atoms with Crippen molar-refractivity contribution < 1.29 is 14.7 Å². The highest BCUT2D eigenvalue weighted by molar-refractivity contribution is 6.35. The predicted octanol–water partition coefficient (Wildman–Crippen LogP) is 3.65. The number of rotatable bonds is 3. The van der Waals surface area contributed by atoms with Crippen LogP contribution in [0.1, 0.15) is 26.4 Å². The third-order valence-corrected chi connectivity index (χ3v) is 3.34. The lowest BCUT2D eigenvalue weighted by atomic mass is 10.1. The number of carboxylic acid groups (broad SMARTS) is 1. The molecule has 0 bridgehead atoms. The Morgan fingerprint density at radius 1 is 1.24 bits per heavy atom. The lowest BCUT2D eigenvalue weighted by Crippen LogP contribution is -2.16. The van der Waals surface area contributed by atoms with Crippen molar-refractivity contribution in [3.8, 4) is 0 Å². The molecule has 0 aliphatic heterocycles. The summed E-state index contributed by atoms with van der Waals surface area (Å²) in [5, 5.41) is 11.9. The third-order valence-electron chi connectivity index (χ3n) is 2.71. The van der Waals surface area contributed by atoms with Gasteiger partial charge in [-0.25, -0.2) is 4.79 Å². The van der Waals surface area contributed by atoms with Gasteiger partial charge in [-0.3, -0.25) is 9.78 Å². The highest BCUT2D eigenvalue weighted by Gasteiger charge is 2.18. The molecule has 1 heterocycles. The van der Waals surface area contributed by atoms with E-state index in [9.17, 15) is 9.59 Å². The number of nitrogens with zero attached hydrogens (tertiary/aromatic N) is 1. The van der Waals surface area contributed by atoms with E-state index in [1.165, 1.54) is 18.3 Å². The number of benzene rings is 1. The summed E-state index contributed by atoms with van der Waals surface area (Å²) in [7, 11) is 0. The molecule has 2 aromatic rings. The van der Waals surface area contributed by atoms with Crippen LogP contribution in [-0.2, 0) is 0 Å². The van der Waals surface area contributed by atoms with Gasteiger partial charge in [0, 0.05) is 11.9 Å². The lowest BCUT2D eigenvalue weighted by Gasteiger charge is -2.10. The maximum Gasteiger partial charge on any atom is 0.339 e. The first-order valence-electron chi connectivity index (χ1n) is 5.85. The van der Waals surface area contributed by atoms with Crippen LogP contribution in [0.5, 0.6) is 0 Å². The lowest BCUT2D eigenvalue weighted by molar-refractivity contribution is 0.0698. The molecule has 0 unspecified atom stereocenters. The molecule has 0 saturated carbocycles. The number of aromatic carboxylic acids is 1. The van der Waals surface area contributed by atoms with Crippen LogP contribution in [-0.4, -0.2) is 22.0 Å². The van der Waals surface area contributed by atoms with E-state index in [2.05, 4.69) is 10.3 Å². The molecule has 1 aromatic carbocycles. The number of carbonyl (C=O) groups excluding carboxylic acids is 1. The van der Waals surface area contributed by atoms with E-state index in [0.717, 1.165) is 0 Å². The number of hydrogen-bond acceptors (Lipinski definition) is 3. The van der Waals surface area contributed by atoms with Gasteiger partial charge in [0.25, 0.3) is 5.91 Å². The Kier molecular flexibility index (Phi) is 4.45. The van der Waals surface area contributed by atoms with E-state index in [0.29, 0.717) is 5.69 Å². The predicted molar refractivity (Wildman–Crippen MR) is 80.3 cm³/mol. The molecule has 0 atom stereocenters. The number of anilines is 1. The average molecular weight is 325 g/mol. The number of hydrogen-bond donors (Lipinski definition) is 2. The van der Waals surface area contributed by atoms with E-state index in [-0.39, 0.29) is 26.9 Å². The largest absolute Gasteiger partial charge is 0.478 e. The smallest absolute Gasteiger partial charge is 0.339 e. The molecule has 7 heteroatoms. The quantitative estimate of drug-likeness (QED) is 0.903. The van der Waals surface area contributed by atoms with Crippen molar-refractivity contribution in [2.75, 3.05) is 5.32 Å². The second kappa shape index (κ2) is 6.11. The maximum absolute atomic E-state index is 12.2. The Morgan fingerprint density at radius 2 is 1.95 bits per heavy atom. The number of aromatic nitrogens is 1. The summed E-state index contributed by atoms with van der Waals surface area (Å²) < 4.78 is 0. The summed E-state index contributed by atoms with van der Waals surface area (Å²) in [5.41, 5.74) is 0.740. The average Bonchev–Trinajstić information content (AvgIpc) is 2.37. The van der Waals surface area contributed by atoms with Gasteiger partial charge in [-0.15, -0.1) is 0 Å². The summed E-state index contributed by atoms with van der Waals surface area (Å²) in [6.07, 6.45) is 1.33. The van der Waals surface area contributed by atoms with Crippen molar-refractivity contribution in [2.45, 2.75) is 6.92 Å². The van der Waals surface area contributed by atoms with Gasteiger partial charge in [-0.05, 0) is 25.1 Å². The van der Waals surface area contributed by atoms with E-state index >= 15 is 0 Å². The summed E-state index contributed by atoms with van der Waals surface area (Å²) >= 11 is 11.8. The Bertz CT molecular complexity index is 732. The Balaban J connectivity index is 2.36. The van der Waals surface area contributed by atoms with Crippen molar-refractivity contribution in [3.05, 3.63) is 57.3 Å². The molecule has 0 fully saturated rings. The van der Waals surface area contributed by atoms with Crippen molar-refractivity contribution in [3.63, 3.8) is 0 Å². The van der Waals surface area contributed by atoms with Crippen LogP contribution in [0.15, 0.2) is 30.5 Å². The number of nitrogens with one attached hydrogen (secondary N) is 1. The Morgan fingerprint density at radius 3 is 2.57 bits per heavy atom. The van der Waals surface area contributed by atoms with Crippen molar-refractivity contribution in [1.82, 2.24) is 4.98 Å². The maximum atomic E-state index is 12.2. The van der Waals surface area contributed by atoms with E-state index in [4.69, 9.17) is 28.3 Å². The fraction of sp³-hybridized carbons (Fsp3) is 0.0714. The second-order valence-electron chi connectivity index (χ2n) is 4.23. The first kappa shape index (κ1) is 15.3. The fourth-order valence-electron chi connectivity index (χ4n) is 1.73. The molecule has 0 aliphatic carbocycles. The van der Waals surface area contributed by atoms with Crippen LogP contribution in [0, 0.1) is 6.92 Å². The molecule has 0 spiro atoms. The fourth-order valence-corrected chi connectivity index (χ4v) is 2.28. The molecule has 2 N–H and O–H groups in total. The number of pyridine rings is 1. The van der Waals surface area contributed by atoms with Crippen LogP contribution in [0.4, 0.5) is 5.69 Å². The standard InChI is InChI=1S/C14H10Cl2N2O3/c1-7-5-10(16)8(6-17-7)13(19)18-11-4-2-3-9(15)12(11)14(20)21/h2-6H,1H3,(H,18,19)(H,20,21). The van der Waals surface area contributed by atoms with E-state index in [1.807, 2.05) is 0 Å². The molecule has 1 aromatic heterocycles. The molecule has 2 rings (SSSR count). The second-order valence-corrected chi connectivity index (χ2v) is 5.04. The number of amides is 1. The molecular weight excluding hydrogens is 315 g/mol. The van der Waals surface area contributed by atoms with Crippen molar-refractivity contribution in [2.24, 2.45) is 0 Å². The van der Waals surface area contributed by atoms with Crippen LogP contribution in [0.25, 0.3) is 0 Å². The zero-order chi connectivity index (χ0) is 15.6. The van der Waals surface area contributed by atoms with E-state index < -0.39 is 11.9 Å².